The van der Waals surface area contributed by atoms with Crippen molar-refractivity contribution in [2.24, 2.45) is 17.6 Å². The van der Waals surface area contributed by atoms with Crippen LogP contribution in [0.5, 0.6) is 0 Å². The fourth-order valence-electron chi connectivity index (χ4n) is 2.12. The molecule has 0 aliphatic carbocycles. The number of carbonyl (C=O) groups is 1. The highest BCUT2D eigenvalue weighted by atomic mass is 16.4. The second kappa shape index (κ2) is 9.64. The van der Waals surface area contributed by atoms with E-state index in [0.717, 1.165) is 6.42 Å². The maximum atomic E-state index is 10.6. The quantitative estimate of drug-likeness (QED) is 0.566. The summed E-state index contributed by atoms with van der Waals surface area (Å²) in [6.45, 7) is 4.91. The number of carboxylic acids is 1. The normalized spacial score (nSPS) is 14.7. The molecule has 0 aliphatic rings. The van der Waals surface area contributed by atoms with Gasteiger partial charge in [-0.15, -0.1) is 0 Å². The van der Waals surface area contributed by atoms with Gasteiger partial charge >= 0.3 is 5.97 Å². The zero-order chi connectivity index (χ0) is 12.4. The van der Waals surface area contributed by atoms with E-state index in [4.69, 9.17) is 10.8 Å². The van der Waals surface area contributed by atoms with E-state index in [1.165, 1.54) is 32.1 Å². The van der Waals surface area contributed by atoms with Gasteiger partial charge in [0.1, 0.15) is 0 Å². The van der Waals surface area contributed by atoms with Crippen LogP contribution >= 0.6 is 0 Å². The molecule has 16 heavy (non-hydrogen) atoms. The van der Waals surface area contributed by atoms with Crippen molar-refractivity contribution in [1.29, 1.82) is 0 Å². The molecule has 0 aromatic carbocycles. The smallest absolute Gasteiger partial charge is 0.303 e. The molecular weight excluding hydrogens is 202 g/mol. The Labute approximate surface area is 99.4 Å². The summed E-state index contributed by atoms with van der Waals surface area (Å²) in [5.41, 5.74) is 5.58. The van der Waals surface area contributed by atoms with Gasteiger partial charge in [0, 0.05) is 6.42 Å². The third-order valence-electron chi connectivity index (χ3n) is 3.08. The van der Waals surface area contributed by atoms with Crippen LogP contribution in [0.15, 0.2) is 0 Å². The average Bonchev–Trinajstić information content (AvgIpc) is 2.23. The molecule has 0 spiro atoms. The van der Waals surface area contributed by atoms with Crippen LogP contribution in [0.2, 0.25) is 0 Å². The number of hydrogen-bond acceptors (Lipinski definition) is 2. The SMILES string of the molecule is CCCCCCC(C)C[C@H](CN)CC(=O)O. The van der Waals surface area contributed by atoms with Crippen molar-refractivity contribution >= 4 is 5.97 Å². The number of carboxylic acid groups (broad SMARTS) is 1. The lowest BCUT2D eigenvalue weighted by atomic mass is 9.90. The van der Waals surface area contributed by atoms with Crippen molar-refractivity contribution in [3.63, 3.8) is 0 Å². The van der Waals surface area contributed by atoms with E-state index in [2.05, 4.69) is 13.8 Å². The maximum Gasteiger partial charge on any atom is 0.303 e. The Balaban J connectivity index is 3.65. The van der Waals surface area contributed by atoms with E-state index >= 15 is 0 Å². The maximum absolute atomic E-state index is 10.6. The largest absolute Gasteiger partial charge is 0.481 e. The van der Waals surface area contributed by atoms with Crippen molar-refractivity contribution in [1.82, 2.24) is 0 Å². The number of hydrogen-bond donors (Lipinski definition) is 2. The van der Waals surface area contributed by atoms with E-state index < -0.39 is 5.97 Å². The molecule has 3 heteroatoms. The van der Waals surface area contributed by atoms with Gasteiger partial charge in [-0.1, -0.05) is 46.0 Å². The first kappa shape index (κ1) is 15.4. The minimum absolute atomic E-state index is 0.152. The Bertz CT molecular complexity index is 183. The summed E-state index contributed by atoms with van der Waals surface area (Å²) in [4.78, 5) is 10.6. The summed E-state index contributed by atoms with van der Waals surface area (Å²) in [6.07, 6.45) is 7.51. The molecule has 0 saturated carbocycles. The molecular formula is C13H27NO2. The molecule has 1 unspecified atom stereocenters. The Kier molecular flexibility index (Phi) is 9.30. The van der Waals surface area contributed by atoms with Gasteiger partial charge in [0.05, 0.1) is 0 Å². The summed E-state index contributed by atoms with van der Waals surface area (Å²) in [5.74, 6) is 0.0251. The van der Waals surface area contributed by atoms with Crippen molar-refractivity contribution < 1.29 is 9.90 Å². The van der Waals surface area contributed by atoms with Gasteiger partial charge in [0.25, 0.3) is 0 Å². The van der Waals surface area contributed by atoms with Crippen LogP contribution in [0.1, 0.15) is 58.8 Å². The van der Waals surface area contributed by atoms with Crippen LogP contribution in [-0.4, -0.2) is 17.6 Å². The third-order valence-corrected chi connectivity index (χ3v) is 3.08. The summed E-state index contributed by atoms with van der Waals surface area (Å²) < 4.78 is 0. The molecule has 2 atom stereocenters. The average molecular weight is 229 g/mol. The van der Waals surface area contributed by atoms with Crippen molar-refractivity contribution in [3.05, 3.63) is 0 Å². The van der Waals surface area contributed by atoms with Gasteiger partial charge in [0.2, 0.25) is 0 Å². The first-order chi connectivity index (χ1) is 7.60. The van der Waals surface area contributed by atoms with Crippen LogP contribution in [-0.2, 0) is 4.79 Å². The zero-order valence-corrected chi connectivity index (χ0v) is 10.7. The Hall–Kier alpha value is -0.570. The number of nitrogens with two attached hydrogens (primary N) is 1. The first-order valence-electron chi connectivity index (χ1n) is 6.52. The molecule has 0 radical (unpaired) electrons. The van der Waals surface area contributed by atoms with Crippen LogP contribution in [0.3, 0.4) is 0 Å². The minimum Gasteiger partial charge on any atom is -0.481 e. The molecule has 3 nitrogen and oxygen atoms in total. The number of rotatable bonds is 10. The predicted molar refractivity (Wildman–Crippen MR) is 67.3 cm³/mol. The molecule has 0 amide bonds. The summed E-state index contributed by atoms with van der Waals surface area (Å²) in [6, 6.07) is 0. The van der Waals surface area contributed by atoms with Crippen LogP contribution in [0.25, 0.3) is 0 Å². The van der Waals surface area contributed by atoms with Gasteiger partial charge in [-0.25, -0.2) is 0 Å². The number of aliphatic carboxylic acids is 1. The highest BCUT2D eigenvalue weighted by Gasteiger charge is 2.14. The molecule has 0 bridgehead atoms. The highest BCUT2D eigenvalue weighted by Crippen LogP contribution is 2.20. The van der Waals surface area contributed by atoms with Gasteiger partial charge < -0.3 is 10.8 Å². The molecule has 0 aliphatic heterocycles. The molecule has 0 saturated heterocycles. The third kappa shape index (κ3) is 8.72. The minimum atomic E-state index is -0.728. The second-order valence-electron chi connectivity index (χ2n) is 4.89. The van der Waals surface area contributed by atoms with Gasteiger partial charge in [-0.3, -0.25) is 4.79 Å². The predicted octanol–water partition coefficient (Wildman–Crippen LogP) is 3.03. The lowest BCUT2D eigenvalue weighted by Gasteiger charge is -2.17. The fourth-order valence-corrected chi connectivity index (χ4v) is 2.12. The Morgan fingerprint density at radius 1 is 1.31 bits per heavy atom. The van der Waals surface area contributed by atoms with Gasteiger partial charge in [-0.05, 0) is 24.8 Å². The van der Waals surface area contributed by atoms with Crippen molar-refractivity contribution in [3.8, 4) is 0 Å². The highest BCUT2D eigenvalue weighted by molar-refractivity contribution is 5.67. The summed E-state index contributed by atoms with van der Waals surface area (Å²) >= 11 is 0. The molecule has 0 aromatic rings. The van der Waals surface area contributed by atoms with Crippen LogP contribution in [0, 0.1) is 11.8 Å². The second-order valence-corrected chi connectivity index (χ2v) is 4.89. The van der Waals surface area contributed by atoms with E-state index in [1.54, 1.807) is 0 Å². The fraction of sp³-hybridized carbons (Fsp3) is 0.923. The lowest BCUT2D eigenvalue weighted by molar-refractivity contribution is -0.138. The van der Waals surface area contributed by atoms with Gasteiger partial charge in [-0.2, -0.15) is 0 Å². The van der Waals surface area contributed by atoms with Crippen molar-refractivity contribution in [2.75, 3.05) is 6.54 Å². The van der Waals surface area contributed by atoms with E-state index in [9.17, 15) is 4.79 Å². The van der Waals surface area contributed by atoms with E-state index in [-0.39, 0.29) is 12.3 Å². The molecule has 96 valence electrons. The summed E-state index contributed by atoms with van der Waals surface area (Å²) in [5, 5.41) is 8.72. The molecule has 0 aromatic heterocycles. The first-order valence-corrected chi connectivity index (χ1v) is 6.52. The van der Waals surface area contributed by atoms with Crippen molar-refractivity contribution in [2.45, 2.75) is 58.8 Å². The van der Waals surface area contributed by atoms with Crippen LogP contribution in [0.4, 0.5) is 0 Å². The van der Waals surface area contributed by atoms with Crippen LogP contribution < -0.4 is 5.73 Å². The molecule has 0 heterocycles. The standard InChI is InChI=1S/C13H27NO2/c1-3-4-5-6-7-11(2)8-12(10-14)9-13(15)16/h11-12H,3-10,14H2,1-2H3,(H,15,16)/t11?,12-/m0/s1. The Morgan fingerprint density at radius 3 is 2.50 bits per heavy atom. The Morgan fingerprint density at radius 2 is 2.00 bits per heavy atom. The monoisotopic (exact) mass is 229 g/mol. The van der Waals surface area contributed by atoms with Gasteiger partial charge in [0.15, 0.2) is 0 Å². The zero-order valence-electron chi connectivity index (χ0n) is 10.7. The summed E-state index contributed by atoms with van der Waals surface area (Å²) in [7, 11) is 0. The topological polar surface area (TPSA) is 63.3 Å². The number of unbranched alkanes of at least 4 members (excludes halogenated alkanes) is 3. The van der Waals surface area contributed by atoms with E-state index in [0.29, 0.717) is 12.5 Å². The molecule has 0 rings (SSSR count). The molecule has 3 N–H and O–H groups in total. The molecule has 0 fully saturated rings. The van der Waals surface area contributed by atoms with E-state index in [1.807, 2.05) is 0 Å². The lowest BCUT2D eigenvalue weighted by Crippen LogP contribution is -2.20.